The molecule has 12 heavy (non-hydrogen) atoms. The standard InChI is InChI=1S/C9H19NO2/c1-4-6-9(3,8(11)12)10-7-5-2/h10H,4-7H2,1-3H3,(H,11,12). The molecule has 0 rings (SSSR count). The number of carbonyl (C=O) groups is 1. The summed E-state index contributed by atoms with van der Waals surface area (Å²) in [5.74, 6) is -0.752. The summed E-state index contributed by atoms with van der Waals surface area (Å²) in [4.78, 5) is 10.9. The van der Waals surface area contributed by atoms with E-state index in [4.69, 9.17) is 5.11 Å². The molecule has 0 aliphatic rings. The lowest BCUT2D eigenvalue weighted by Gasteiger charge is -2.25. The number of nitrogens with one attached hydrogen (secondary N) is 1. The van der Waals surface area contributed by atoms with E-state index in [0.717, 1.165) is 19.4 Å². The van der Waals surface area contributed by atoms with Crippen molar-refractivity contribution in [2.45, 2.75) is 45.6 Å². The molecule has 0 amide bonds. The summed E-state index contributed by atoms with van der Waals surface area (Å²) in [6.45, 7) is 6.54. The van der Waals surface area contributed by atoms with Gasteiger partial charge in [-0.2, -0.15) is 0 Å². The van der Waals surface area contributed by atoms with E-state index in [2.05, 4.69) is 5.32 Å². The van der Waals surface area contributed by atoms with Gasteiger partial charge in [-0.3, -0.25) is 4.79 Å². The van der Waals surface area contributed by atoms with Crippen molar-refractivity contribution in [2.75, 3.05) is 6.54 Å². The van der Waals surface area contributed by atoms with Gasteiger partial charge in [-0.25, -0.2) is 0 Å². The Hall–Kier alpha value is -0.570. The fraction of sp³-hybridized carbons (Fsp3) is 0.889. The second kappa shape index (κ2) is 5.14. The average molecular weight is 173 g/mol. The first-order chi connectivity index (χ1) is 5.56. The van der Waals surface area contributed by atoms with E-state index >= 15 is 0 Å². The van der Waals surface area contributed by atoms with Crippen molar-refractivity contribution in [2.24, 2.45) is 0 Å². The van der Waals surface area contributed by atoms with E-state index in [1.807, 2.05) is 13.8 Å². The molecule has 0 aromatic heterocycles. The Labute approximate surface area is 74.2 Å². The molecule has 1 unspecified atom stereocenters. The van der Waals surface area contributed by atoms with Crippen molar-refractivity contribution in [3.05, 3.63) is 0 Å². The Morgan fingerprint density at radius 1 is 1.42 bits per heavy atom. The first kappa shape index (κ1) is 11.4. The second-order valence-electron chi connectivity index (χ2n) is 3.31. The Balaban J connectivity index is 4.08. The minimum absolute atomic E-state index is 0.683. The Morgan fingerprint density at radius 3 is 2.33 bits per heavy atom. The van der Waals surface area contributed by atoms with Gasteiger partial charge in [0.15, 0.2) is 0 Å². The highest BCUT2D eigenvalue weighted by molar-refractivity contribution is 5.78. The molecule has 0 spiro atoms. The number of hydrogen-bond acceptors (Lipinski definition) is 2. The smallest absolute Gasteiger partial charge is 0.323 e. The Kier molecular flexibility index (Phi) is 4.90. The van der Waals surface area contributed by atoms with E-state index in [0.29, 0.717) is 6.42 Å². The summed E-state index contributed by atoms with van der Waals surface area (Å²) >= 11 is 0. The van der Waals surface area contributed by atoms with E-state index in [1.165, 1.54) is 0 Å². The zero-order valence-electron chi connectivity index (χ0n) is 8.18. The fourth-order valence-corrected chi connectivity index (χ4v) is 1.17. The van der Waals surface area contributed by atoms with Crippen LogP contribution in [0, 0.1) is 0 Å². The molecule has 0 bridgehead atoms. The van der Waals surface area contributed by atoms with Gasteiger partial charge in [0.25, 0.3) is 0 Å². The molecule has 0 saturated carbocycles. The molecule has 72 valence electrons. The summed E-state index contributed by atoms with van der Waals surface area (Å²) < 4.78 is 0. The quantitative estimate of drug-likeness (QED) is 0.642. The van der Waals surface area contributed by atoms with Crippen LogP contribution in [-0.2, 0) is 4.79 Å². The monoisotopic (exact) mass is 173 g/mol. The minimum atomic E-state index is -0.752. The number of carboxylic acids is 1. The highest BCUT2D eigenvalue weighted by Crippen LogP contribution is 2.12. The third-order valence-electron chi connectivity index (χ3n) is 1.99. The van der Waals surface area contributed by atoms with Gasteiger partial charge in [-0.1, -0.05) is 20.3 Å². The van der Waals surface area contributed by atoms with Gasteiger partial charge in [0.2, 0.25) is 0 Å². The molecule has 0 aliphatic carbocycles. The summed E-state index contributed by atoms with van der Waals surface area (Å²) in [5, 5.41) is 12.0. The maximum atomic E-state index is 10.9. The largest absolute Gasteiger partial charge is 0.480 e. The van der Waals surface area contributed by atoms with E-state index in [-0.39, 0.29) is 0 Å². The summed E-state index contributed by atoms with van der Waals surface area (Å²) in [7, 11) is 0. The Bertz CT molecular complexity index is 147. The van der Waals surface area contributed by atoms with Crippen LogP contribution in [0.3, 0.4) is 0 Å². The second-order valence-corrected chi connectivity index (χ2v) is 3.31. The lowest BCUT2D eigenvalue weighted by molar-refractivity contribution is -0.144. The molecule has 3 heteroatoms. The van der Waals surface area contributed by atoms with Gasteiger partial charge in [0.1, 0.15) is 5.54 Å². The number of aliphatic carboxylic acids is 1. The molecule has 3 nitrogen and oxygen atoms in total. The van der Waals surface area contributed by atoms with Crippen LogP contribution in [0.1, 0.15) is 40.0 Å². The summed E-state index contributed by atoms with van der Waals surface area (Å²) in [6, 6.07) is 0. The molecule has 0 radical (unpaired) electrons. The van der Waals surface area contributed by atoms with Gasteiger partial charge in [0.05, 0.1) is 0 Å². The molecule has 0 fully saturated rings. The summed E-state index contributed by atoms with van der Waals surface area (Å²) in [5.41, 5.74) is -0.731. The molecule has 0 aromatic carbocycles. The zero-order chi connectivity index (χ0) is 9.61. The fourth-order valence-electron chi connectivity index (χ4n) is 1.17. The first-order valence-electron chi connectivity index (χ1n) is 4.55. The maximum Gasteiger partial charge on any atom is 0.323 e. The van der Waals surface area contributed by atoms with Crippen LogP contribution in [0.25, 0.3) is 0 Å². The van der Waals surface area contributed by atoms with Gasteiger partial charge < -0.3 is 10.4 Å². The predicted octanol–water partition coefficient (Wildman–Crippen LogP) is 1.63. The highest BCUT2D eigenvalue weighted by Gasteiger charge is 2.30. The molecule has 0 saturated heterocycles. The first-order valence-corrected chi connectivity index (χ1v) is 4.55. The SMILES string of the molecule is CCCNC(C)(CCC)C(=O)O. The molecule has 0 aromatic rings. The van der Waals surface area contributed by atoms with Crippen molar-refractivity contribution in [1.29, 1.82) is 0 Å². The van der Waals surface area contributed by atoms with Crippen LogP contribution < -0.4 is 5.32 Å². The van der Waals surface area contributed by atoms with Crippen LogP contribution in [-0.4, -0.2) is 23.2 Å². The zero-order valence-corrected chi connectivity index (χ0v) is 8.18. The molecule has 0 aliphatic heterocycles. The van der Waals surface area contributed by atoms with Crippen molar-refractivity contribution in [3.8, 4) is 0 Å². The molecule has 1 atom stereocenters. The van der Waals surface area contributed by atoms with Crippen molar-refractivity contribution < 1.29 is 9.90 Å². The minimum Gasteiger partial charge on any atom is -0.480 e. The van der Waals surface area contributed by atoms with Crippen LogP contribution in [0.5, 0.6) is 0 Å². The molecular formula is C9H19NO2. The van der Waals surface area contributed by atoms with Gasteiger partial charge >= 0.3 is 5.97 Å². The summed E-state index contributed by atoms with van der Waals surface area (Å²) in [6.07, 6.45) is 2.54. The molecule has 2 N–H and O–H groups in total. The van der Waals surface area contributed by atoms with Crippen molar-refractivity contribution in [1.82, 2.24) is 5.32 Å². The maximum absolute atomic E-state index is 10.9. The normalized spacial score (nSPS) is 15.6. The van der Waals surface area contributed by atoms with Crippen LogP contribution in [0.4, 0.5) is 0 Å². The van der Waals surface area contributed by atoms with E-state index in [9.17, 15) is 4.79 Å². The highest BCUT2D eigenvalue weighted by atomic mass is 16.4. The van der Waals surface area contributed by atoms with E-state index < -0.39 is 11.5 Å². The third-order valence-corrected chi connectivity index (χ3v) is 1.99. The van der Waals surface area contributed by atoms with Crippen molar-refractivity contribution >= 4 is 5.97 Å². The van der Waals surface area contributed by atoms with Gasteiger partial charge in [0, 0.05) is 0 Å². The topological polar surface area (TPSA) is 49.3 Å². The van der Waals surface area contributed by atoms with Crippen LogP contribution in [0.2, 0.25) is 0 Å². The lowest BCUT2D eigenvalue weighted by Crippen LogP contribution is -2.49. The number of rotatable bonds is 6. The Morgan fingerprint density at radius 2 is 2.00 bits per heavy atom. The van der Waals surface area contributed by atoms with Gasteiger partial charge in [-0.15, -0.1) is 0 Å². The molecular weight excluding hydrogens is 154 g/mol. The predicted molar refractivity (Wildman–Crippen MR) is 49.2 cm³/mol. The average Bonchev–Trinajstić information content (AvgIpc) is 2.01. The van der Waals surface area contributed by atoms with Crippen LogP contribution in [0.15, 0.2) is 0 Å². The van der Waals surface area contributed by atoms with Crippen molar-refractivity contribution in [3.63, 3.8) is 0 Å². The van der Waals surface area contributed by atoms with Crippen LogP contribution >= 0.6 is 0 Å². The molecule has 0 heterocycles. The number of hydrogen-bond donors (Lipinski definition) is 2. The number of carboxylic acid groups (broad SMARTS) is 1. The van der Waals surface area contributed by atoms with E-state index in [1.54, 1.807) is 6.92 Å². The lowest BCUT2D eigenvalue weighted by atomic mass is 9.96. The van der Waals surface area contributed by atoms with Gasteiger partial charge in [-0.05, 0) is 26.3 Å². The third kappa shape index (κ3) is 3.22.